The number of hydrogen-bond donors (Lipinski definition) is 3. The average molecular weight is 315 g/mol. The Kier molecular flexibility index (Phi) is 4.67. The van der Waals surface area contributed by atoms with E-state index in [4.69, 9.17) is 5.11 Å². The maximum absolute atomic E-state index is 12.3. The van der Waals surface area contributed by atoms with E-state index in [1.807, 2.05) is 0 Å². The van der Waals surface area contributed by atoms with Crippen molar-refractivity contribution in [2.24, 2.45) is 11.8 Å². The summed E-state index contributed by atoms with van der Waals surface area (Å²) in [6.07, 6.45) is 2.71. The van der Waals surface area contributed by atoms with Gasteiger partial charge in [-0.1, -0.05) is 0 Å². The maximum atomic E-state index is 12.3. The number of carboxylic acids is 1. The van der Waals surface area contributed by atoms with Gasteiger partial charge in [0.15, 0.2) is 0 Å². The molecule has 0 aliphatic heterocycles. The second-order valence-electron chi connectivity index (χ2n) is 5.67. The van der Waals surface area contributed by atoms with E-state index in [0.29, 0.717) is 30.8 Å². The number of H-pyrrole nitrogens is 1. The monoisotopic (exact) mass is 315 g/mol. The highest BCUT2D eigenvalue weighted by Gasteiger charge is 2.28. The third kappa shape index (κ3) is 3.62. The van der Waals surface area contributed by atoms with Gasteiger partial charge < -0.3 is 5.11 Å². The van der Waals surface area contributed by atoms with E-state index in [-0.39, 0.29) is 16.7 Å². The van der Waals surface area contributed by atoms with Gasteiger partial charge in [-0.05, 0) is 45.4 Å². The first-order valence-electron chi connectivity index (χ1n) is 7.05. The molecule has 1 aliphatic rings. The van der Waals surface area contributed by atoms with Gasteiger partial charge in [0.1, 0.15) is 4.90 Å². The van der Waals surface area contributed by atoms with Gasteiger partial charge in [0.2, 0.25) is 10.0 Å². The molecule has 3 N–H and O–H groups in total. The zero-order valence-electron chi connectivity index (χ0n) is 12.2. The third-order valence-corrected chi connectivity index (χ3v) is 5.77. The minimum Gasteiger partial charge on any atom is -0.481 e. The second-order valence-corrected chi connectivity index (χ2v) is 7.37. The predicted octanol–water partition coefficient (Wildman–Crippen LogP) is 1.20. The van der Waals surface area contributed by atoms with Crippen LogP contribution < -0.4 is 4.72 Å². The van der Waals surface area contributed by atoms with Crippen LogP contribution in [0.4, 0.5) is 0 Å². The molecular weight excluding hydrogens is 294 g/mol. The Morgan fingerprint density at radius 3 is 2.43 bits per heavy atom. The first kappa shape index (κ1) is 16.0. The molecule has 1 saturated carbocycles. The van der Waals surface area contributed by atoms with Crippen LogP contribution in [0.25, 0.3) is 0 Å². The minimum absolute atomic E-state index is 0.197. The van der Waals surface area contributed by atoms with Gasteiger partial charge in [0, 0.05) is 6.54 Å². The molecule has 0 amide bonds. The number of aromatic amines is 1. The summed E-state index contributed by atoms with van der Waals surface area (Å²) in [7, 11) is -3.57. The van der Waals surface area contributed by atoms with Crippen LogP contribution in [0.5, 0.6) is 0 Å². The molecular formula is C13H21N3O4S. The summed E-state index contributed by atoms with van der Waals surface area (Å²) >= 11 is 0. The number of carboxylic acid groups (broad SMARTS) is 1. The minimum atomic E-state index is -3.57. The Morgan fingerprint density at radius 2 is 1.95 bits per heavy atom. The highest BCUT2D eigenvalue weighted by molar-refractivity contribution is 7.89. The molecule has 0 aromatic carbocycles. The average Bonchev–Trinajstić information content (AvgIpc) is 2.77. The van der Waals surface area contributed by atoms with Crippen molar-refractivity contribution in [1.29, 1.82) is 0 Å². The van der Waals surface area contributed by atoms with Crippen molar-refractivity contribution in [3.05, 3.63) is 11.4 Å². The smallest absolute Gasteiger partial charge is 0.306 e. The van der Waals surface area contributed by atoms with Crippen LogP contribution in [0, 0.1) is 25.7 Å². The molecule has 1 aromatic rings. The van der Waals surface area contributed by atoms with Gasteiger partial charge in [-0.3, -0.25) is 9.89 Å². The highest BCUT2D eigenvalue weighted by Crippen LogP contribution is 2.29. The molecule has 0 atom stereocenters. The summed E-state index contributed by atoms with van der Waals surface area (Å²) in [5.41, 5.74) is 0.976. The van der Waals surface area contributed by atoms with Crippen LogP contribution in [0.15, 0.2) is 4.90 Å². The van der Waals surface area contributed by atoms with Crippen molar-refractivity contribution in [2.45, 2.75) is 44.4 Å². The fraction of sp³-hybridized carbons (Fsp3) is 0.692. The largest absolute Gasteiger partial charge is 0.481 e. The number of hydrogen-bond acceptors (Lipinski definition) is 4. The van der Waals surface area contributed by atoms with E-state index in [9.17, 15) is 13.2 Å². The summed E-state index contributed by atoms with van der Waals surface area (Å²) in [6, 6.07) is 0. The highest BCUT2D eigenvalue weighted by atomic mass is 32.2. The Balaban J connectivity index is 1.93. The summed E-state index contributed by atoms with van der Waals surface area (Å²) in [4.78, 5) is 11.1. The first-order chi connectivity index (χ1) is 9.81. The molecule has 8 heteroatoms. The third-order valence-electron chi connectivity index (χ3n) is 4.09. The zero-order valence-corrected chi connectivity index (χ0v) is 13.0. The standard InChI is InChI=1S/C13H21N3O4S/c1-8-12(9(2)16-15-8)21(19,20)14-7-10-3-5-11(6-4-10)13(17)18/h10-11,14H,3-7H2,1-2H3,(H,15,16)(H,17,18). The van der Waals surface area contributed by atoms with Crippen molar-refractivity contribution in [3.63, 3.8) is 0 Å². The molecule has 0 bridgehead atoms. The van der Waals surface area contributed by atoms with Gasteiger partial charge in [-0.25, -0.2) is 13.1 Å². The van der Waals surface area contributed by atoms with E-state index in [2.05, 4.69) is 14.9 Å². The van der Waals surface area contributed by atoms with E-state index in [1.165, 1.54) is 0 Å². The molecule has 21 heavy (non-hydrogen) atoms. The van der Waals surface area contributed by atoms with E-state index < -0.39 is 16.0 Å². The lowest BCUT2D eigenvalue weighted by Gasteiger charge is -2.26. The zero-order chi connectivity index (χ0) is 15.6. The SMILES string of the molecule is Cc1n[nH]c(C)c1S(=O)(=O)NCC1CCC(C(=O)O)CC1. The number of aryl methyl sites for hydroxylation is 2. The Bertz CT molecular complexity index is 596. The van der Waals surface area contributed by atoms with Crippen LogP contribution >= 0.6 is 0 Å². The Hall–Kier alpha value is -1.41. The molecule has 1 fully saturated rings. The molecule has 1 aliphatic carbocycles. The molecule has 118 valence electrons. The maximum Gasteiger partial charge on any atom is 0.306 e. The normalized spacial score (nSPS) is 23.1. The van der Waals surface area contributed by atoms with Crippen LogP contribution in [0.1, 0.15) is 37.1 Å². The fourth-order valence-electron chi connectivity index (χ4n) is 2.85. The van der Waals surface area contributed by atoms with Crippen molar-refractivity contribution in [2.75, 3.05) is 6.54 Å². The van der Waals surface area contributed by atoms with Gasteiger partial charge in [0.25, 0.3) is 0 Å². The molecule has 0 saturated heterocycles. The van der Waals surface area contributed by atoms with Crippen molar-refractivity contribution < 1.29 is 18.3 Å². The van der Waals surface area contributed by atoms with E-state index in [0.717, 1.165) is 12.8 Å². The summed E-state index contributed by atoms with van der Waals surface area (Å²) < 4.78 is 27.2. The number of nitrogens with one attached hydrogen (secondary N) is 2. The van der Waals surface area contributed by atoms with Crippen molar-refractivity contribution in [3.8, 4) is 0 Å². The summed E-state index contributed by atoms with van der Waals surface area (Å²) in [6.45, 7) is 3.67. The molecule has 1 heterocycles. The molecule has 1 aromatic heterocycles. The van der Waals surface area contributed by atoms with Crippen molar-refractivity contribution >= 4 is 16.0 Å². The van der Waals surface area contributed by atoms with E-state index >= 15 is 0 Å². The number of aliphatic carboxylic acids is 1. The Morgan fingerprint density at radius 1 is 1.33 bits per heavy atom. The lowest BCUT2D eigenvalue weighted by atomic mass is 9.82. The van der Waals surface area contributed by atoms with Crippen LogP contribution in [-0.4, -0.2) is 36.2 Å². The number of nitrogens with zero attached hydrogens (tertiary/aromatic N) is 1. The van der Waals surface area contributed by atoms with Crippen LogP contribution in [-0.2, 0) is 14.8 Å². The lowest BCUT2D eigenvalue weighted by molar-refractivity contribution is -0.143. The summed E-state index contributed by atoms with van der Waals surface area (Å²) in [5, 5.41) is 15.5. The van der Waals surface area contributed by atoms with Gasteiger partial charge in [0.05, 0.1) is 17.3 Å². The lowest BCUT2D eigenvalue weighted by Crippen LogP contribution is -2.32. The number of carbonyl (C=O) groups is 1. The predicted molar refractivity (Wildman–Crippen MR) is 76.3 cm³/mol. The molecule has 0 unspecified atom stereocenters. The molecule has 2 rings (SSSR count). The second kappa shape index (κ2) is 6.15. The number of rotatable bonds is 5. The number of aromatic nitrogens is 2. The number of sulfonamides is 1. The molecule has 7 nitrogen and oxygen atoms in total. The van der Waals surface area contributed by atoms with Crippen LogP contribution in [0.3, 0.4) is 0 Å². The van der Waals surface area contributed by atoms with Crippen LogP contribution in [0.2, 0.25) is 0 Å². The first-order valence-corrected chi connectivity index (χ1v) is 8.53. The van der Waals surface area contributed by atoms with Gasteiger partial charge in [-0.15, -0.1) is 0 Å². The topological polar surface area (TPSA) is 112 Å². The van der Waals surface area contributed by atoms with Crippen molar-refractivity contribution in [1.82, 2.24) is 14.9 Å². The fourth-order valence-corrected chi connectivity index (χ4v) is 4.33. The van der Waals surface area contributed by atoms with Gasteiger partial charge in [-0.2, -0.15) is 5.10 Å². The summed E-state index contributed by atoms with van der Waals surface area (Å²) in [5.74, 6) is -0.835. The molecule has 0 radical (unpaired) electrons. The Labute approximate surface area is 124 Å². The quantitative estimate of drug-likeness (QED) is 0.755. The van der Waals surface area contributed by atoms with E-state index in [1.54, 1.807) is 13.8 Å². The molecule has 0 spiro atoms. The van der Waals surface area contributed by atoms with Gasteiger partial charge >= 0.3 is 5.97 Å².